The van der Waals surface area contributed by atoms with Gasteiger partial charge in [0.1, 0.15) is 17.7 Å². The number of nitrogens with zero attached hydrogens (tertiary/aromatic N) is 1. The molecule has 5 fully saturated rings. The molecule has 11 nitrogen and oxygen atoms in total. The van der Waals surface area contributed by atoms with Gasteiger partial charge in [0.05, 0.1) is 12.6 Å². The fourth-order valence-electron chi connectivity index (χ4n) is 11.5. The number of amides is 1. The Morgan fingerprint density at radius 2 is 1.75 bits per heavy atom. The molecule has 12 heteroatoms. The SMILES string of the molecule is CC(=O)S[C@@H]1CC2=CC(=O)CC[C@]2(C)[C@H]2CC[C@@]3(C)[C@@H](CC[C@@]34CCC(=O)O4)[C@H]12.CCOC(=O)[C@H](CCc1ccccc1)N[C@@H](C)C(=O)N1CCC[C@H]1C(=O)O. The van der Waals surface area contributed by atoms with Crippen molar-refractivity contribution < 1.29 is 43.3 Å². The predicted molar refractivity (Wildman–Crippen MR) is 212 cm³/mol. The lowest BCUT2D eigenvalue weighted by molar-refractivity contribution is -0.167. The van der Waals surface area contributed by atoms with Crippen molar-refractivity contribution in [1.82, 2.24) is 10.2 Å². The van der Waals surface area contributed by atoms with Gasteiger partial charge in [-0.05, 0) is 119 Å². The van der Waals surface area contributed by atoms with Crippen LogP contribution in [0.15, 0.2) is 42.0 Å². The van der Waals surface area contributed by atoms with E-state index in [0.717, 1.165) is 50.5 Å². The molecule has 2 aliphatic heterocycles. The molecule has 0 aromatic heterocycles. The largest absolute Gasteiger partial charge is 0.480 e. The van der Waals surface area contributed by atoms with Crippen molar-refractivity contribution in [2.45, 2.75) is 147 Å². The van der Waals surface area contributed by atoms with Gasteiger partial charge in [0.15, 0.2) is 10.9 Å². The monoisotopic (exact) mass is 792 g/mol. The number of carboxylic acid groups (broad SMARTS) is 1. The molecular weight excluding hydrogens is 733 g/mol. The zero-order valence-electron chi connectivity index (χ0n) is 33.7. The highest BCUT2D eigenvalue weighted by Gasteiger charge is 2.68. The van der Waals surface area contributed by atoms with Crippen LogP contribution in [0.2, 0.25) is 0 Å². The Morgan fingerprint density at radius 3 is 2.41 bits per heavy atom. The lowest BCUT2D eigenvalue weighted by atomic mass is 9.46. The number of ketones is 1. The molecule has 10 atom stereocenters. The number of fused-ring (bicyclic) bond motifs is 6. The van der Waals surface area contributed by atoms with Gasteiger partial charge >= 0.3 is 17.9 Å². The third-order valence-corrected chi connectivity index (χ3v) is 15.5. The van der Waals surface area contributed by atoms with Gasteiger partial charge in [-0.15, -0.1) is 0 Å². The summed E-state index contributed by atoms with van der Waals surface area (Å²) in [5, 5.41) is 12.7. The fourth-order valence-corrected chi connectivity index (χ4v) is 12.7. The fraction of sp³-hybridized carbons (Fsp3) is 0.682. The quantitative estimate of drug-likeness (QED) is 0.251. The Kier molecular flexibility index (Phi) is 12.9. The van der Waals surface area contributed by atoms with Gasteiger partial charge in [0.2, 0.25) is 5.91 Å². The van der Waals surface area contributed by atoms with Crippen LogP contribution in [-0.2, 0) is 44.7 Å². The maximum atomic E-state index is 12.7. The van der Waals surface area contributed by atoms with E-state index in [4.69, 9.17) is 9.47 Å². The number of likely N-dealkylation sites (tertiary alicyclic amines) is 1. The van der Waals surface area contributed by atoms with E-state index in [1.54, 1.807) is 20.8 Å². The van der Waals surface area contributed by atoms with Crippen molar-refractivity contribution in [3.63, 3.8) is 0 Å². The molecule has 0 bridgehead atoms. The van der Waals surface area contributed by atoms with E-state index in [0.29, 0.717) is 62.8 Å². The van der Waals surface area contributed by atoms with Crippen LogP contribution < -0.4 is 5.32 Å². The standard InChI is InChI=1S/C24H32O4S.C20H28N2O5/c1-14(25)29-19-13-15-12-16(26)4-8-22(15,2)17-5-9-23(3)18(21(17)19)6-10-24(23)11-7-20(27)28-24;1-3-27-20(26)16(12-11-15-8-5-4-6-9-15)21-14(2)18(23)22-13-7-10-17(22)19(24)25/h12,17-19,21H,4-11,13H2,1-3H3;4-6,8-9,14,16-17,21H,3,7,10-13H2,1-2H3,(H,24,25)/t17-,18-,19+,21+,22-,23-,24+;14-,16-,17-/m00/s1. The Bertz CT molecular complexity index is 1720. The number of allylic oxidation sites excluding steroid dienone is 1. The molecule has 0 radical (unpaired) electrons. The third kappa shape index (κ3) is 8.24. The number of hydrogen-bond donors (Lipinski definition) is 2. The van der Waals surface area contributed by atoms with Crippen molar-refractivity contribution in [1.29, 1.82) is 0 Å². The summed E-state index contributed by atoms with van der Waals surface area (Å²) in [6.07, 6.45) is 12.3. The number of aliphatic carboxylic acids is 1. The Morgan fingerprint density at radius 1 is 1.02 bits per heavy atom. The van der Waals surface area contributed by atoms with Crippen LogP contribution in [0.25, 0.3) is 0 Å². The molecule has 4 aliphatic carbocycles. The zero-order valence-corrected chi connectivity index (χ0v) is 34.5. The van der Waals surface area contributed by atoms with Crippen molar-refractivity contribution in [2.75, 3.05) is 13.2 Å². The molecule has 306 valence electrons. The van der Waals surface area contributed by atoms with Crippen LogP contribution in [0.1, 0.15) is 117 Å². The molecule has 1 amide bonds. The summed E-state index contributed by atoms with van der Waals surface area (Å²) in [5.74, 6) is -0.0113. The molecule has 1 aromatic rings. The van der Waals surface area contributed by atoms with Crippen LogP contribution in [-0.4, -0.2) is 86.8 Å². The van der Waals surface area contributed by atoms with E-state index < -0.39 is 30.1 Å². The number of esters is 2. The molecule has 2 N–H and O–H groups in total. The van der Waals surface area contributed by atoms with Crippen molar-refractivity contribution in [2.24, 2.45) is 28.6 Å². The van der Waals surface area contributed by atoms with Crippen molar-refractivity contribution in [3.05, 3.63) is 47.5 Å². The average molecular weight is 793 g/mol. The van der Waals surface area contributed by atoms with E-state index >= 15 is 0 Å². The molecule has 0 unspecified atom stereocenters. The molecule has 1 spiro atoms. The Labute approximate surface area is 335 Å². The van der Waals surface area contributed by atoms with Crippen LogP contribution >= 0.6 is 11.8 Å². The third-order valence-electron chi connectivity index (χ3n) is 14.4. The maximum absolute atomic E-state index is 12.7. The first-order chi connectivity index (χ1) is 26.6. The first-order valence-corrected chi connectivity index (χ1v) is 21.6. The minimum atomic E-state index is -0.987. The van der Waals surface area contributed by atoms with Gasteiger partial charge in [-0.1, -0.05) is 61.5 Å². The summed E-state index contributed by atoms with van der Waals surface area (Å²) in [4.78, 5) is 74.1. The summed E-state index contributed by atoms with van der Waals surface area (Å²) < 4.78 is 11.2. The zero-order chi connectivity index (χ0) is 40.4. The number of carbonyl (C=O) groups excluding carboxylic acids is 5. The van der Waals surface area contributed by atoms with Crippen LogP contribution in [0, 0.1) is 28.6 Å². The van der Waals surface area contributed by atoms with Gasteiger partial charge in [-0.3, -0.25) is 29.3 Å². The molecule has 56 heavy (non-hydrogen) atoms. The summed E-state index contributed by atoms with van der Waals surface area (Å²) in [5.41, 5.74) is 2.19. The Hall–Kier alpha value is -3.51. The summed E-state index contributed by atoms with van der Waals surface area (Å²) in [6, 6.07) is 7.69. The lowest BCUT2D eigenvalue weighted by Crippen LogP contribution is -2.57. The van der Waals surface area contributed by atoms with E-state index in [9.17, 15) is 33.9 Å². The van der Waals surface area contributed by atoms with Crippen molar-refractivity contribution in [3.8, 4) is 0 Å². The highest BCUT2D eigenvalue weighted by Crippen LogP contribution is 2.70. The smallest absolute Gasteiger partial charge is 0.326 e. The maximum Gasteiger partial charge on any atom is 0.326 e. The second-order valence-electron chi connectivity index (χ2n) is 17.4. The van der Waals surface area contributed by atoms with Gasteiger partial charge in [0, 0.05) is 37.0 Å². The number of carboxylic acids is 1. The van der Waals surface area contributed by atoms with E-state index in [1.165, 1.54) is 22.2 Å². The van der Waals surface area contributed by atoms with Crippen molar-refractivity contribution >= 4 is 46.5 Å². The number of aryl methyl sites for hydroxylation is 1. The minimum Gasteiger partial charge on any atom is -0.480 e. The molecular formula is C44H60N2O9S. The number of benzene rings is 1. The van der Waals surface area contributed by atoms with Gasteiger partial charge in [-0.25, -0.2) is 4.79 Å². The van der Waals surface area contributed by atoms with Crippen LogP contribution in [0.5, 0.6) is 0 Å². The average Bonchev–Trinajstić information content (AvgIpc) is 3.88. The highest BCUT2D eigenvalue weighted by atomic mass is 32.2. The predicted octanol–water partition coefficient (Wildman–Crippen LogP) is 6.46. The number of hydrogen-bond acceptors (Lipinski definition) is 10. The Balaban J connectivity index is 0.000000191. The second kappa shape index (κ2) is 17.1. The minimum absolute atomic E-state index is 0.0119. The summed E-state index contributed by atoms with van der Waals surface area (Å²) in [6.45, 7) is 10.5. The molecule has 6 aliphatic rings. The number of rotatable bonds is 10. The first-order valence-electron chi connectivity index (χ1n) is 20.8. The van der Waals surface area contributed by atoms with E-state index in [1.807, 2.05) is 36.4 Å². The normalized spacial score (nSPS) is 34.2. The van der Waals surface area contributed by atoms with E-state index in [-0.39, 0.29) is 51.1 Å². The van der Waals surface area contributed by atoms with Gasteiger partial charge in [-0.2, -0.15) is 0 Å². The first kappa shape index (κ1) is 42.1. The van der Waals surface area contributed by atoms with Gasteiger partial charge < -0.3 is 19.5 Å². The molecule has 1 aromatic carbocycles. The molecule has 2 saturated heterocycles. The number of carbonyl (C=O) groups is 6. The second-order valence-corrected chi connectivity index (χ2v) is 18.8. The molecule has 2 heterocycles. The van der Waals surface area contributed by atoms with Crippen LogP contribution in [0.4, 0.5) is 0 Å². The van der Waals surface area contributed by atoms with Gasteiger partial charge in [0.25, 0.3) is 0 Å². The summed E-state index contributed by atoms with van der Waals surface area (Å²) >= 11 is 1.50. The highest BCUT2D eigenvalue weighted by molar-refractivity contribution is 8.14. The molecule has 3 saturated carbocycles. The topological polar surface area (TPSA) is 156 Å². The van der Waals surface area contributed by atoms with Crippen LogP contribution in [0.3, 0.4) is 0 Å². The summed E-state index contributed by atoms with van der Waals surface area (Å²) in [7, 11) is 0. The number of thioether (sulfide) groups is 1. The number of ether oxygens (including phenoxy) is 2. The molecule has 7 rings (SSSR count). The van der Waals surface area contributed by atoms with E-state index in [2.05, 4.69) is 19.2 Å². The lowest BCUT2D eigenvalue weighted by Gasteiger charge is -2.61. The number of nitrogens with one attached hydrogen (secondary N) is 1.